The number of Topliss-reactive ketones (excluding diaryl/α,β-unsaturated/α-hetero) is 1. The summed E-state index contributed by atoms with van der Waals surface area (Å²) in [5.74, 6) is -0.250. The zero-order valence-corrected chi connectivity index (χ0v) is 19.4. The number of ketones is 1. The molecule has 6 nitrogen and oxygen atoms in total. The van der Waals surface area contributed by atoms with E-state index in [4.69, 9.17) is 47.6 Å². The number of fused-ring (bicyclic) bond motifs is 1. The van der Waals surface area contributed by atoms with Crippen LogP contribution in [0.5, 0.6) is 0 Å². The minimum atomic E-state index is -0.572. The molecule has 0 spiro atoms. The fourth-order valence-corrected chi connectivity index (χ4v) is 4.65. The Bertz CT molecular complexity index is 1430. The van der Waals surface area contributed by atoms with Crippen LogP contribution in [-0.4, -0.2) is 25.5 Å². The summed E-state index contributed by atoms with van der Waals surface area (Å²) in [5, 5.41) is 6.76. The number of carbonyl (C=O) groups is 1. The van der Waals surface area contributed by atoms with E-state index in [0.29, 0.717) is 24.6 Å². The molecule has 2 aromatic heterocycles. The zero-order chi connectivity index (χ0) is 22.1. The second kappa shape index (κ2) is 9.09. The number of aromatic nitrogens is 4. The number of halogens is 3. The van der Waals surface area contributed by atoms with Gasteiger partial charge in [-0.15, -0.1) is 0 Å². The van der Waals surface area contributed by atoms with Gasteiger partial charge < -0.3 is 5.32 Å². The molecule has 2 N–H and O–H groups in total. The van der Waals surface area contributed by atoms with Crippen molar-refractivity contribution in [1.82, 2.24) is 19.7 Å². The molecule has 2 heterocycles. The van der Waals surface area contributed by atoms with Crippen molar-refractivity contribution in [3.05, 3.63) is 66.0 Å². The van der Waals surface area contributed by atoms with Crippen molar-refractivity contribution in [3.8, 4) is 0 Å². The van der Waals surface area contributed by atoms with Crippen molar-refractivity contribution in [1.29, 1.82) is 0 Å². The average molecular weight is 512 g/mol. The Morgan fingerprint density at radius 1 is 1.19 bits per heavy atom. The summed E-state index contributed by atoms with van der Waals surface area (Å²) in [6.45, 7) is 0.0922. The van der Waals surface area contributed by atoms with Crippen LogP contribution in [0.25, 0.3) is 10.9 Å². The summed E-state index contributed by atoms with van der Waals surface area (Å²) in [4.78, 5) is 21.0. The van der Waals surface area contributed by atoms with Gasteiger partial charge in [-0.3, -0.25) is 14.6 Å². The standard InChI is InChI=1S/C19H12Cl2FN5OS3/c20-12-5-14(22)16(6-13(12)21)25-17-11-4-9(1-2-15(11)23-8-24-17)3-10(28)7-27-19(30)31-18(29)26-27/h1-2,4-6,8H,3,7H2,(H,26,29)(H,23,24,25). The van der Waals surface area contributed by atoms with Gasteiger partial charge in [0.15, 0.2) is 13.7 Å². The largest absolute Gasteiger partial charge is 0.337 e. The molecule has 0 atom stereocenters. The summed E-state index contributed by atoms with van der Waals surface area (Å²) in [6, 6.07) is 7.89. The highest BCUT2D eigenvalue weighted by Gasteiger charge is 2.13. The molecule has 0 aliphatic carbocycles. The maximum atomic E-state index is 14.3. The van der Waals surface area contributed by atoms with Crippen LogP contribution >= 0.6 is 59.0 Å². The number of hydrogen-bond acceptors (Lipinski definition) is 7. The summed E-state index contributed by atoms with van der Waals surface area (Å²) < 4.78 is 16.9. The van der Waals surface area contributed by atoms with Crippen molar-refractivity contribution in [2.45, 2.75) is 13.0 Å². The van der Waals surface area contributed by atoms with Crippen LogP contribution in [0.1, 0.15) is 5.56 Å². The van der Waals surface area contributed by atoms with E-state index in [1.54, 1.807) is 16.8 Å². The van der Waals surface area contributed by atoms with Crippen LogP contribution in [0.4, 0.5) is 15.9 Å². The molecule has 4 aromatic rings. The molecule has 12 heteroatoms. The molecule has 0 radical (unpaired) electrons. The third-order valence-electron chi connectivity index (χ3n) is 4.33. The third kappa shape index (κ3) is 4.99. The lowest BCUT2D eigenvalue weighted by Gasteiger charge is -2.11. The van der Waals surface area contributed by atoms with Crippen molar-refractivity contribution in [2.75, 3.05) is 5.32 Å². The molecular formula is C19H12Cl2FN5OS3. The van der Waals surface area contributed by atoms with Crippen LogP contribution < -0.4 is 5.32 Å². The fourth-order valence-electron chi connectivity index (χ4n) is 2.94. The van der Waals surface area contributed by atoms with Gasteiger partial charge in [0.05, 0.1) is 21.2 Å². The lowest BCUT2D eigenvalue weighted by molar-refractivity contribution is -0.119. The first-order valence-corrected chi connectivity index (χ1v) is 11.2. The fraction of sp³-hybridized carbons (Fsp3) is 0.105. The smallest absolute Gasteiger partial charge is 0.178 e. The van der Waals surface area contributed by atoms with Gasteiger partial charge in [0.25, 0.3) is 0 Å². The van der Waals surface area contributed by atoms with E-state index in [0.717, 1.165) is 11.6 Å². The lowest BCUT2D eigenvalue weighted by atomic mass is 10.1. The van der Waals surface area contributed by atoms with E-state index >= 15 is 0 Å². The van der Waals surface area contributed by atoms with E-state index in [2.05, 4.69) is 20.4 Å². The van der Waals surface area contributed by atoms with Crippen LogP contribution in [0.2, 0.25) is 10.0 Å². The Morgan fingerprint density at radius 2 is 1.97 bits per heavy atom. The first kappa shape index (κ1) is 22.0. The SMILES string of the molecule is O=C(Cc1ccc2ncnc(Nc3cc(Cl)c(Cl)cc3F)c2c1)Cn1[nH]c(=S)sc1=S. The number of benzene rings is 2. The minimum Gasteiger partial charge on any atom is -0.337 e. The van der Waals surface area contributed by atoms with Gasteiger partial charge in [0, 0.05) is 11.8 Å². The van der Waals surface area contributed by atoms with Gasteiger partial charge in [-0.1, -0.05) is 40.6 Å². The van der Waals surface area contributed by atoms with Crippen molar-refractivity contribution in [3.63, 3.8) is 0 Å². The van der Waals surface area contributed by atoms with E-state index in [-0.39, 0.29) is 34.5 Å². The molecule has 0 aliphatic rings. The first-order valence-electron chi connectivity index (χ1n) is 8.77. The number of nitrogens with one attached hydrogen (secondary N) is 2. The highest BCUT2D eigenvalue weighted by Crippen LogP contribution is 2.31. The van der Waals surface area contributed by atoms with Gasteiger partial charge in [-0.05, 0) is 54.3 Å². The number of carbonyl (C=O) groups excluding carboxylic acids is 1. The zero-order valence-electron chi connectivity index (χ0n) is 15.5. The maximum Gasteiger partial charge on any atom is 0.178 e. The molecule has 0 fully saturated rings. The number of nitrogens with zero attached hydrogens (tertiary/aromatic N) is 3. The summed E-state index contributed by atoms with van der Waals surface area (Å²) in [5.41, 5.74) is 1.52. The Balaban J connectivity index is 1.62. The Hall–Kier alpha value is -2.24. The second-order valence-electron chi connectivity index (χ2n) is 6.51. The number of hydrogen-bond donors (Lipinski definition) is 2. The summed E-state index contributed by atoms with van der Waals surface area (Å²) in [7, 11) is 0. The molecule has 0 saturated heterocycles. The van der Waals surface area contributed by atoms with Crippen molar-refractivity contribution >= 4 is 87.2 Å². The molecule has 0 aliphatic heterocycles. The molecule has 158 valence electrons. The predicted molar refractivity (Wildman–Crippen MR) is 126 cm³/mol. The second-order valence-corrected chi connectivity index (χ2v) is 9.64. The Morgan fingerprint density at radius 3 is 2.71 bits per heavy atom. The van der Waals surface area contributed by atoms with Gasteiger partial charge in [0.1, 0.15) is 24.5 Å². The Kier molecular flexibility index (Phi) is 6.44. The maximum absolute atomic E-state index is 14.3. The van der Waals surface area contributed by atoms with E-state index in [9.17, 15) is 9.18 Å². The number of rotatable bonds is 6. The number of aromatic amines is 1. The van der Waals surface area contributed by atoms with Gasteiger partial charge in [-0.25, -0.2) is 14.4 Å². The van der Waals surface area contributed by atoms with Crippen LogP contribution in [0.15, 0.2) is 36.7 Å². The monoisotopic (exact) mass is 511 g/mol. The van der Waals surface area contributed by atoms with Crippen molar-refractivity contribution in [2.24, 2.45) is 0 Å². The Labute approximate surface area is 199 Å². The lowest BCUT2D eigenvalue weighted by Crippen LogP contribution is -2.13. The molecule has 0 bridgehead atoms. The predicted octanol–water partition coefficient (Wildman–Crippen LogP) is 6.28. The van der Waals surface area contributed by atoms with Crippen LogP contribution in [-0.2, 0) is 17.8 Å². The van der Waals surface area contributed by atoms with E-state index < -0.39 is 5.82 Å². The molecule has 0 saturated carbocycles. The first-order chi connectivity index (χ1) is 14.8. The van der Waals surface area contributed by atoms with E-state index in [1.165, 1.54) is 23.7 Å². The average Bonchev–Trinajstić information content (AvgIpc) is 3.03. The van der Waals surface area contributed by atoms with Crippen molar-refractivity contribution < 1.29 is 9.18 Å². The van der Waals surface area contributed by atoms with E-state index in [1.807, 2.05) is 6.07 Å². The van der Waals surface area contributed by atoms with Gasteiger partial charge in [-0.2, -0.15) is 0 Å². The van der Waals surface area contributed by atoms with Crippen LogP contribution in [0, 0.1) is 13.7 Å². The van der Waals surface area contributed by atoms with Gasteiger partial charge >= 0.3 is 0 Å². The summed E-state index contributed by atoms with van der Waals surface area (Å²) >= 11 is 23.3. The molecular weight excluding hydrogens is 500 g/mol. The summed E-state index contributed by atoms with van der Waals surface area (Å²) in [6.07, 6.45) is 1.54. The molecule has 0 unspecified atom stereocenters. The molecule has 31 heavy (non-hydrogen) atoms. The number of anilines is 2. The number of H-pyrrole nitrogens is 1. The minimum absolute atomic E-state index is 0.0543. The molecule has 4 rings (SSSR count). The molecule has 0 amide bonds. The highest BCUT2D eigenvalue weighted by molar-refractivity contribution is 7.75. The normalized spacial score (nSPS) is 11.1. The highest BCUT2D eigenvalue weighted by atomic mass is 35.5. The topological polar surface area (TPSA) is 75.6 Å². The molecule has 2 aromatic carbocycles. The third-order valence-corrected chi connectivity index (χ3v) is 6.53. The van der Waals surface area contributed by atoms with Crippen LogP contribution in [0.3, 0.4) is 0 Å². The quantitative estimate of drug-likeness (QED) is 0.234. The van der Waals surface area contributed by atoms with Gasteiger partial charge in [0.2, 0.25) is 0 Å².